The van der Waals surface area contributed by atoms with Crippen molar-refractivity contribution >= 4 is 17.7 Å². The lowest BCUT2D eigenvalue weighted by molar-refractivity contribution is 0.555. The summed E-state index contributed by atoms with van der Waals surface area (Å²) in [6.45, 7) is 2.27. The third-order valence-corrected chi connectivity index (χ3v) is 4.39. The Balaban J connectivity index is 1.76. The molecule has 3 N–H and O–H groups in total. The minimum atomic E-state index is 0.409. The molecule has 0 saturated carbocycles. The van der Waals surface area contributed by atoms with E-state index in [2.05, 4.69) is 22.1 Å². The summed E-state index contributed by atoms with van der Waals surface area (Å²) in [7, 11) is 0. The van der Waals surface area contributed by atoms with Crippen LogP contribution in [0.1, 0.15) is 77.6 Å². The van der Waals surface area contributed by atoms with Crippen LogP contribution in [0.2, 0.25) is 0 Å². The molecule has 0 unspecified atom stereocenters. The van der Waals surface area contributed by atoms with Crippen LogP contribution >= 0.6 is 11.8 Å². The molecule has 0 radical (unpaired) electrons. The molecule has 116 valence electrons. The van der Waals surface area contributed by atoms with Crippen molar-refractivity contribution in [2.24, 2.45) is 0 Å². The molecule has 0 fully saturated rings. The topological polar surface area (TPSA) is 67.6 Å². The van der Waals surface area contributed by atoms with Crippen LogP contribution in [0.25, 0.3) is 0 Å². The van der Waals surface area contributed by atoms with Gasteiger partial charge in [0.2, 0.25) is 11.1 Å². The van der Waals surface area contributed by atoms with E-state index in [-0.39, 0.29) is 0 Å². The van der Waals surface area contributed by atoms with E-state index < -0.39 is 0 Å². The normalized spacial score (nSPS) is 11.1. The molecule has 0 aliphatic carbocycles. The second-order valence-corrected chi connectivity index (χ2v) is 6.45. The first kappa shape index (κ1) is 17.3. The lowest BCUT2D eigenvalue weighted by Crippen LogP contribution is -1.86. The van der Waals surface area contributed by atoms with Crippen LogP contribution in [0.3, 0.4) is 0 Å². The Hall–Kier alpha value is -0.710. The standard InChI is InChI=1S/C15H30N4S/c1-2-3-4-5-6-7-8-9-10-11-12-13-20-15-17-14(16)18-19-15/h2-13H2,1H3,(H3,16,17,18,19). The highest BCUT2D eigenvalue weighted by atomic mass is 32.2. The fourth-order valence-corrected chi connectivity index (χ4v) is 3.06. The number of hydrogen-bond acceptors (Lipinski definition) is 4. The molecule has 0 bridgehead atoms. The van der Waals surface area contributed by atoms with Gasteiger partial charge in [0, 0.05) is 5.75 Å². The summed E-state index contributed by atoms with van der Waals surface area (Å²) in [5, 5.41) is 7.44. The molecule has 4 nitrogen and oxygen atoms in total. The van der Waals surface area contributed by atoms with E-state index >= 15 is 0 Å². The van der Waals surface area contributed by atoms with Crippen LogP contribution in [0, 0.1) is 0 Å². The Bertz CT molecular complexity index is 327. The summed E-state index contributed by atoms with van der Waals surface area (Å²) in [4.78, 5) is 4.07. The number of aromatic nitrogens is 3. The van der Waals surface area contributed by atoms with Crippen molar-refractivity contribution in [1.82, 2.24) is 15.2 Å². The molecular weight excluding hydrogens is 268 g/mol. The molecule has 0 aliphatic heterocycles. The zero-order chi connectivity index (χ0) is 14.5. The van der Waals surface area contributed by atoms with Crippen molar-refractivity contribution in [2.75, 3.05) is 11.5 Å². The van der Waals surface area contributed by atoms with Gasteiger partial charge in [0.1, 0.15) is 0 Å². The number of anilines is 1. The lowest BCUT2D eigenvalue weighted by Gasteiger charge is -2.02. The third-order valence-electron chi connectivity index (χ3n) is 3.46. The van der Waals surface area contributed by atoms with Gasteiger partial charge in [0.15, 0.2) is 0 Å². The molecule has 1 heterocycles. The summed E-state index contributed by atoms with van der Waals surface area (Å²) in [6.07, 6.45) is 15.2. The molecule has 0 aromatic carbocycles. The maximum absolute atomic E-state index is 5.47. The van der Waals surface area contributed by atoms with Crippen LogP contribution in [0.4, 0.5) is 5.95 Å². The molecule has 0 saturated heterocycles. The zero-order valence-corrected chi connectivity index (χ0v) is 13.7. The number of nitrogens with two attached hydrogens (primary N) is 1. The van der Waals surface area contributed by atoms with Crippen molar-refractivity contribution < 1.29 is 0 Å². The highest BCUT2D eigenvalue weighted by Crippen LogP contribution is 2.16. The smallest absolute Gasteiger partial charge is 0.216 e. The number of nitrogens with one attached hydrogen (secondary N) is 1. The van der Waals surface area contributed by atoms with Crippen molar-refractivity contribution in [3.05, 3.63) is 0 Å². The Morgan fingerprint density at radius 1 is 0.900 bits per heavy atom. The minimum Gasteiger partial charge on any atom is -0.368 e. The predicted molar refractivity (Wildman–Crippen MR) is 88.0 cm³/mol. The van der Waals surface area contributed by atoms with E-state index in [1.807, 2.05) is 0 Å². The van der Waals surface area contributed by atoms with Crippen LogP contribution in [0.15, 0.2) is 5.16 Å². The molecule has 20 heavy (non-hydrogen) atoms. The average molecular weight is 298 g/mol. The Labute approximate surface area is 127 Å². The Morgan fingerprint density at radius 3 is 1.95 bits per heavy atom. The van der Waals surface area contributed by atoms with Crippen molar-refractivity contribution in [1.29, 1.82) is 0 Å². The van der Waals surface area contributed by atoms with E-state index in [0.717, 1.165) is 10.9 Å². The van der Waals surface area contributed by atoms with Gasteiger partial charge < -0.3 is 5.73 Å². The summed E-state index contributed by atoms with van der Waals surface area (Å²) in [6, 6.07) is 0. The van der Waals surface area contributed by atoms with Gasteiger partial charge in [-0.3, -0.25) is 0 Å². The van der Waals surface area contributed by atoms with E-state index in [9.17, 15) is 0 Å². The van der Waals surface area contributed by atoms with Crippen molar-refractivity contribution in [3.63, 3.8) is 0 Å². The molecule has 0 atom stereocenters. The van der Waals surface area contributed by atoms with Gasteiger partial charge in [-0.05, 0) is 6.42 Å². The Morgan fingerprint density at radius 2 is 1.45 bits per heavy atom. The van der Waals surface area contributed by atoms with Gasteiger partial charge in [-0.2, -0.15) is 4.98 Å². The highest BCUT2D eigenvalue weighted by Gasteiger charge is 2.00. The van der Waals surface area contributed by atoms with Gasteiger partial charge in [0.05, 0.1) is 0 Å². The number of H-pyrrole nitrogens is 1. The number of nitrogen functional groups attached to an aromatic ring is 1. The first-order chi connectivity index (χ1) is 9.83. The fourth-order valence-electron chi connectivity index (χ4n) is 2.25. The van der Waals surface area contributed by atoms with Gasteiger partial charge in [0.25, 0.3) is 0 Å². The first-order valence-electron chi connectivity index (χ1n) is 8.13. The quantitative estimate of drug-likeness (QED) is 0.406. The van der Waals surface area contributed by atoms with Crippen molar-refractivity contribution in [3.8, 4) is 0 Å². The van der Waals surface area contributed by atoms with E-state index in [1.165, 1.54) is 70.6 Å². The molecule has 1 aromatic heterocycles. The molecule has 1 aromatic rings. The largest absolute Gasteiger partial charge is 0.368 e. The third kappa shape index (κ3) is 9.23. The van der Waals surface area contributed by atoms with Crippen LogP contribution in [-0.2, 0) is 0 Å². The summed E-state index contributed by atoms with van der Waals surface area (Å²) in [5.41, 5.74) is 5.47. The second-order valence-electron chi connectivity index (χ2n) is 5.39. The van der Waals surface area contributed by atoms with Gasteiger partial charge in [-0.15, -0.1) is 5.10 Å². The van der Waals surface area contributed by atoms with E-state index in [4.69, 9.17) is 5.73 Å². The molecule has 0 amide bonds. The minimum absolute atomic E-state index is 0.409. The molecule has 0 aliphatic rings. The van der Waals surface area contributed by atoms with Crippen LogP contribution < -0.4 is 5.73 Å². The maximum Gasteiger partial charge on any atom is 0.216 e. The van der Waals surface area contributed by atoms with Crippen LogP contribution in [-0.4, -0.2) is 20.9 Å². The summed E-state index contributed by atoms with van der Waals surface area (Å²) in [5.74, 6) is 1.50. The van der Waals surface area contributed by atoms with Crippen LogP contribution in [0.5, 0.6) is 0 Å². The zero-order valence-electron chi connectivity index (χ0n) is 12.9. The number of aromatic amines is 1. The first-order valence-corrected chi connectivity index (χ1v) is 9.12. The van der Waals surface area contributed by atoms with Crippen molar-refractivity contribution in [2.45, 2.75) is 82.7 Å². The Kier molecular flexibility index (Phi) is 10.5. The summed E-state index contributed by atoms with van der Waals surface area (Å²) >= 11 is 1.69. The highest BCUT2D eigenvalue weighted by molar-refractivity contribution is 7.99. The number of rotatable bonds is 13. The van der Waals surface area contributed by atoms with Gasteiger partial charge in [-0.1, -0.05) is 82.9 Å². The predicted octanol–water partition coefficient (Wildman–Crippen LogP) is 4.79. The van der Waals surface area contributed by atoms with E-state index in [0.29, 0.717) is 5.95 Å². The molecule has 0 spiro atoms. The average Bonchev–Trinajstić information content (AvgIpc) is 2.86. The van der Waals surface area contributed by atoms with Gasteiger partial charge in [-0.25, -0.2) is 5.10 Å². The molecule has 1 rings (SSSR count). The molecular formula is C15H30N4S. The summed E-state index contributed by atoms with van der Waals surface area (Å²) < 4.78 is 0. The number of thioether (sulfide) groups is 1. The monoisotopic (exact) mass is 298 g/mol. The SMILES string of the molecule is CCCCCCCCCCCCCSc1n[nH]c(N)n1. The number of unbranched alkanes of at least 4 members (excludes halogenated alkanes) is 10. The number of hydrogen-bond donors (Lipinski definition) is 2. The maximum atomic E-state index is 5.47. The number of nitrogens with zero attached hydrogens (tertiary/aromatic N) is 2. The van der Waals surface area contributed by atoms with E-state index in [1.54, 1.807) is 11.8 Å². The van der Waals surface area contributed by atoms with Gasteiger partial charge >= 0.3 is 0 Å². The molecule has 5 heteroatoms. The lowest BCUT2D eigenvalue weighted by atomic mass is 10.1. The second kappa shape index (κ2) is 12.1. The fraction of sp³-hybridized carbons (Fsp3) is 0.867.